The molecule has 1 heterocycles. The predicted molar refractivity (Wildman–Crippen MR) is 133 cm³/mol. The van der Waals surface area contributed by atoms with Gasteiger partial charge in [0.25, 0.3) is 0 Å². The summed E-state index contributed by atoms with van der Waals surface area (Å²) in [6.45, 7) is 1.85. The van der Waals surface area contributed by atoms with Gasteiger partial charge < -0.3 is 18.8 Å². The van der Waals surface area contributed by atoms with Gasteiger partial charge in [0.2, 0.25) is 0 Å². The maximum atomic E-state index is 13.4. The fourth-order valence-corrected chi connectivity index (χ4v) is 5.53. The Morgan fingerprint density at radius 3 is 2.33 bits per heavy atom. The Morgan fingerprint density at radius 1 is 0.848 bits per heavy atom. The van der Waals surface area contributed by atoms with Crippen molar-refractivity contribution in [2.45, 2.75) is 11.8 Å². The maximum Gasteiger partial charge on any atom is 0.339 e. The van der Waals surface area contributed by atoms with E-state index < -0.39 is 10.1 Å². The first kappa shape index (κ1) is 21.2. The van der Waals surface area contributed by atoms with E-state index >= 15 is 0 Å². The summed E-state index contributed by atoms with van der Waals surface area (Å²) in [5, 5.41) is 3.51. The summed E-state index contributed by atoms with van der Waals surface area (Å²) in [5.41, 5.74) is 3.41. The molecule has 0 atom stereocenters. The predicted octanol–water partition coefficient (Wildman–Crippen LogP) is 5.63. The van der Waals surface area contributed by atoms with E-state index in [0.29, 0.717) is 11.1 Å². The molecule has 0 radical (unpaired) electrons. The topological polar surface area (TPSA) is 71.6 Å². The van der Waals surface area contributed by atoms with Crippen LogP contribution in [0.3, 0.4) is 0 Å². The van der Waals surface area contributed by atoms with Gasteiger partial charge in [-0.3, -0.25) is 0 Å². The van der Waals surface area contributed by atoms with Gasteiger partial charge in [0.15, 0.2) is 0 Å². The zero-order valence-electron chi connectivity index (χ0n) is 18.8. The normalized spacial score (nSPS) is 11.9. The summed E-state index contributed by atoms with van der Waals surface area (Å²) >= 11 is 0. The molecule has 0 aliphatic heterocycles. The van der Waals surface area contributed by atoms with Gasteiger partial charge in [-0.25, -0.2) is 0 Å². The Balaban J connectivity index is 1.61. The van der Waals surface area contributed by atoms with Crippen LogP contribution in [0.25, 0.3) is 32.6 Å². The molecule has 33 heavy (non-hydrogen) atoms. The summed E-state index contributed by atoms with van der Waals surface area (Å²) in [4.78, 5) is 5.48. The van der Waals surface area contributed by atoms with Crippen molar-refractivity contribution in [3.63, 3.8) is 0 Å². The number of aromatic nitrogens is 1. The molecule has 0 aliphatic carbocycles. The molecule has 1 N–H and O–H groups in total. The molecular weight excluding hydrogens is 436 g/mol. The number of hydrogen-bond acceptors (Lipinski definition) is 5. The number of hydrogen-bond donors (Lipinski definition) is 1. The molecule has 0 unspecified atom stereocenters. The Labute approximate surface area is 192 Å². The van der Waals surface area contributed by atoms with Crippen LogP contribution in [0.2, 0.25) is 0 Å². The minimum Gasteiger partial charge on any atom is -0.497 e. The molecule has 0 bridgehead atoms. The zero-order valence-corrected chi connectivity index (χ0v) is 19.7. The number of H-pyrrole nitrogens is 1. The van der Waals surface area contributed by atoms with Crippen molar-refractivity contribution >= 4 is 48.4 Å². The Morgan fingerprint density at radius 2 is 1.58 bits per heavy atom. The van der Waals surface area contributed by atoms with E-state index in [-0.39, 0.29) is 4.90 Å². The number of nitrogens with one attached hydrogen (secondary N) is 1. The molecular formula is C26H24N2O4S. The van der Waals surface area contributed by atoms with Gasteiger partial charge >= 0.3 is 10.1 Å². The highest BCUT2D eigenvalue weighted by Gasteiger charge is 2.22. The van der Waals surface area contributed by atoms with Gasteiger partial charge in [0.05, 0.1) is 18.1 Å². The SMILES string of the molecule is COc1ccc2c(c1)[nH]c1c(C)c(OS(=O)(=O)c3cccc4c(N(C)C)cccc34)ccc12. The molecule has 5 aromatic rings. The molecule has 5 rings (SSSR count). The average molecular weight is 461 g/mol. The second-order valence-electron chi connectivity index (χ2n) is 8.21. The third-order valence-electron chi connectivity index (χ3n) is 6.00. The Hall–Kier alpha value is -3.71. The van der Waals surface area contributed by atoms with E-state index in [1.54, 1.807) is 31.4 Å². The van der Waals surface area contributed by atoms with Crippen molar-refractivity contribution in [1.82, 2.24) is 4.98 Å². The van der Waals surface area contributed by atoms with Crippen LogP contribution in [-0.4, -0.2) is 34.6 Å². The first-order chi connectivity index (χ1) is 15.8. The van der Waals surface area contributed by atoms with Crippen LogP contribution in [0.1, 0.15) is 5.56 Å². The van der Waals surface area contributed by atoms with Gasteiger partial charge in [0.1, 0.15) is 16.4 Å². The summed E-state index contributed by atoms with van der Waals surface area (Å²) in [6.07, 6.45) is 0. The van der Waals surface area contributed by atoms with Crippen LogP contribution in [0.15, 0.2) is 71.6 Å². The Bertz CT molecular complexity index is 1640. The van der Waals surface area contributed by atoms with E-state index in [4.69, 9.17) is 8.92 Å². The largest absolute Gasteiger partial charge is 0.497 e. The van der Waals surface area contributed by atoms with E-state index in [1.165, 1.54) is 0 Å². The molecule has 0 fully saturated rings. The van der Waals surface area contributed by atoms with Gasteiger partial charge in [-0.1, -0.05) is 24.3 Å². The van der Waals surface area contributed by atoms with Crippen LogP contribution in [0.4, 0.5) is 5.69 Å². The van der Waals surface area contributed by atoms with Crippen LogP contribution >= 0.6 is 0 Å². The molecule has 1 aromatic heterocycles. The van der Waals surface area contributed by atoms with Gasteiger partial charge in [-0.2, -0.15) is 8.42 Å². The van der Waals surface area contributed by atoms with Gasteiger partial charge in [-0.15, -0.1) is 0 Å². The summed E-state index contributed by atoms with van der Waals surface area (Å²) in [7, 11) is 1.42. The average Bonchev–Trinajstić information content (AvgIpc) is 3.18. The lowest BCUT2D eigenvalue weighted by Gasteiger charge is -2.17. The number of anilines is 1. The molecule has 0 saturated heterocycles. The molecule has 0 spiro atoms. The third kappa shape index (κ3) is 3.45. The number of benzene rings is 4. The number of nitrogens with zero attached hydrogens (tertiary/aromatic N) is 1. The van der Waals surface area contributed by atoms with Crippen molar-refractivity contribution in [2.75, 3.05) is 26.1 Å². The maximum absolute atomic E-state index is 13.4. The van der Waals surface area contributed by atoms with Crippen LogP contribution in [0, 0.1) is 6.92 Å². The van der Waals surface area contributed by atoms with Crippen molar-refractivity contribution in [3.8, 4) is 11.5 Å². The number of aryl methyl sites for hydroxylation is 1. The van der Waals surface area contributed by atoms with Crippen LogP contribution in [-0.2, 0) is 10.1 Å². The van der Waals surface area contributed by atoms with E-state index in [1.807, 2.05) is 68.4 Å². The second kappa shape index (κ2) is 7.71. The fourth-order valence-electron chi connectivity index (χ4n) is 4.33. The second-order valence-corrected chi connectivity index (χ2v) is 9.72. The number of aromatic amines is 1. The number of ether oxygens (including phenoxy) is 1. The van der Waals surface area contributed by atoms with Crippen molar-refractivity contribution in [1.29, 1.82) is 0 Å². The minimum atomic E-state index is -4.07. The lowest BCUT2D eigenvalue weighted by molar-refractivity contribution is 0.415. The van der Waals surface area contributed by atoms with Crippen molar-refractivity contribution in [2.24, 2.45) is 0 Å². The monoisotopic (exact) mass is 460 g/mol. The number of rotatable bonds is 5. The lowest BCUT2D eigenvalue weighted by atomic mass is 10.1. The van der Waals surface area contributed by atoms with Crippen LogP contribution < -0.4 is 13.8 Å². The molecule has 0 saturated carbocycles. The minimum absolute atomic E-state index is 0.143. The number of methoxy groups -OCH3 is 1. The molecule has 0 aliphatic rings. The van der Waals surface area contributed by atoms with E-state index in [9.17, 15) is 8.42 Å². The van der Waals surface area contributed by atoms with Crippen LogP contribution in [0.5, 0.6) is 11.5 Å². The number of fused-ring (bicyclic) bond motifs is 4. The molecule has 168 valence electrons. The highest BCUT2D eigenvalue weighted by Crippen LogP contribution is 2.36. The smallest absolute Gasteiger partial charge is 0.339 e. The summed E-state index contributed by atoms with van der Waals surface area (Å²) in [5.74, 6) is 1.04. The molecule has 0 amide bonds. The standard InChI is InChI=1S/C26H24N2O4S/c1-16-24(14-13-21-18-12-11-17(31-4)15-22(18)27-26(16)21)32-33(29,30)25-10-6-7-19-20(25)8-5-9-23(19)28(2)3/h5-15,27H,1-4H3. The lowest BCUT2D eigenvalue weighted by Crippen LogP contribution is -2.12. The van der Waals surface area contributed by atoms with E-state index in [0.717, 1.165) is 44.2 Å². The summed E-state index contributed by atoms with van der Waals surface area (Å²) < 4.78 is 37.8. The molecule has 7 heteroatoms. The molecule has 4 aromatic carbocycles. The van der Waals surface area contributed by atoms with Crippen molar-refractivity contribution < 1.29 is 17.3 Å². The van der Waals surface area contributed by atoms with Crippen molar-refractivity contribution in [3.05, 3.63) is 72.3 Å². The third-order valence-corrected chi connectivity index (χ3v) is 7.30. The molecule has 6 nitrogen and oxygen atoms in total. The highest BCUT2D eigenvalue weighted by atomic mass is 32.2. The van der Waals surface area contributed by atoms with Gasteiger partial charge in [-0.05, 0) is 43.3 Å². The first-order valence-electron chi connectivity index (χ1n) is 10.5. The zero-order chi connectivity index (χ0) is 23.3. The Kier molecular flexibility index (Phi) is 4.94. The summed E-state index contributed by atoms with van der Waals surface area (Å²) in [6, 6.07) is 20.3. The van der Waals surface area contributed by atoms with Gasteiger partial charge in [0, 0.05) is 53.0 Å². The van der Waals surface area contributed by atoms with E-state index in [2.05, 4.69) is 4.98 Å². The highest BCUT2D eigenvalue weighted by molar-refractivity contribution is 7.87. The fraction of sp³-hybridized carbons (Fsp3) is 0.154. The first-order valence-corrected chi connectivity index (χ1v) is 11.9. The quantitative estimate of drug-likeness (QED) is 0.345.